The van der Waals surface area contributed by atoms with Crippen LogP contribution in [0.3, 0.4) is 0 Å². The van der Waals surface area contributed by atoms with Crippen molar-refractivity contribution in [2.45, 2.75) is 0 Å². The van der Waals surface area contributed by atoms with Crippen LogP contribution in [0.25, 0.3) is 0 Å². The number of likely N-dealkylation sites (N-methyl/N-ethyl adjacent to an activating group) is 1. The van der Waals surface area contributed by atoms with Gasteiger partial charge in [-0.05, 0) is 6.07 Å². The van der Waals surface area contributed by atoms with Crippen molar-refractivity contribution < 1.29 is 24.0 Å². The molecule has 1 aromatic rings. The van der Waals surface area contributed by atoms with Crippen LogP contribution in [-0.4, -0.2) is 73.0 Å². The van der Waals surface area contributed by atoms with E-state index in [4.69, 9.17) is 21.1 Å². The molecule has 0 bridgehead atoms. The number of morpholine rings is 1. The number of hydrogen-bond donors (Lipinski definition) is 0. The number of non-ortho nitro benzene ring substituents is 1. The third kappa shape index (κ3) is 5.30. The number of nitro benzene ring substituents is 1. The number of benzene rings is 1. The summed E-state index contributed by atoms with van der Waals surface area (Å²) in [6, 6.07) is 3.71. The van der Waals surface area contributed by atoms with Crippen molar-refractivity contribution in [1.82, 2.24) is 9.80 Å². The van der Waals surface area contributed by atoms with Crippen molar-refractivity contribution in [3.8, 4) is 5.75 Å². The number of carbonyl (C=O) groups is 2. The van der Waals surface area contributed by atoms with Crippen molar-refractivity contribution in [3.05, 3.63) is 33.3 Å². The number of hydrogen-bond acceptors (Lipinski definition) is 6. The van der Waals surface area contributed by atoms with Crippen molar-refractivity contribution in [3.63, 3.8) is 0 Å². The Balaban J connectivity index is 1.84. The molecule has 0 aromatic heterocycles. The summed E-state index contributed by atoms with van der Waals surface area (Å²) in [5.74, 6) is -0.405. The van der Waals surface area contributed by atoms with Crippen LogP contribution in [-0.2, 0) is 14.3 Å². The predicted octanol–water partition coefficient (Wildman–Crippen LogP) is 0.944. The van der Waals surface area contributed by atoms with Crippen LogP contribution < -0.4 is 4.74 Å². The average molecular weight is 372 g/mol. The Morgan fingerprint density at radius 3 is 2.68 bits per heavy atom. The minimum Gasteiger partial charge on any atom is -0.482 e. The quantitative estimate of drug-likeness (QED) is 0.544. The molecule has 0 saturated carbocycles. The number of amides is 2. The third-order valence-electron chi connectivity index (χ3n) is 3.64. The van der Waals surface area contributed by atoms with E-state index >= 15 is 0 Å². The lowest BCUT2D eigenvalue weighted by Crippen LogP contribution is -2.46. The Kier molecular flexibility index (Phi) is 6.54. The molecule has 25 heavy (non-hydrogen) atoms. The average Bonchev–Trinajstić information content (AvgIpc) is 2.60. The molecule has 2 amide bonds. The first kappa shape index (κ1) is 18.9. The SMILES string of the molecule is CN(CC(=O)N1CCOCC1)C(=O)COc1ccc([N+](=O)[O-])cc1Cl. The lowest BCUT2D eigenvalue weighted by Gasteiger charge is -2.28. The van der Waals surface area contributed by atoms with E-state index < -0.39 is 10.8 Å². The fourth-order valence-corrected chi connectivity index (χ4v) is 2.40. The smallest absolute Gasteiger partial charge is 0.271 e. The minimum absolute atomic E-state index is 0.0362. The summed E-state index contributed by atoms with van der Waals surface area (Å²) in [5.41, 5.74) is -0.170. The zero-order valence-electron chi connectivity index (χ0n) is 13.6. The number of ether oxygens (including phenoxy) is 2. The zero-order chi connectivity index (χ0) is 18.4. The van der Waals surface area contributed by atoms with Gasteiger partial charge in [-0.3, -0.25) is 19.7 Å². The summed E-state index contributed by atoms with van der Waals surface area (Å²) < 4.78 is 10.5. The van der Waals surface area contributed by atoms with Crippen LogP contribution in [0.15, 0.2) is 18.2 Å². The molecule has 1 aliphatic heterocycles. The topological polar surface area (TPSA) is 102 Å². The van der Waals surface area contributed by atoms with Gasteiger partial charge in [0.1, 0.15) is 5.75 Å². The van der Waals surface area contributed by atoms with Crippen LogP contribution >= 0.6 is 11.6 Å². The third-order valence-corrected chi connectivity index (χ3v) is 3.93. The van der Waals surface area contributed by atoms with Gasteiger partial charge >= 0.3 is 0 Å². The molecule has 0 radical (unpaired) electrons. The summed E-state index contributed by atoms with van der Waals surface area (Å²) in [5, 5.41) is 10.7. The molecule has 9 nitrogen and oxygen atoms in total. The van der Waals surface area contributed by atoms with Crippen molar-refractivity contribution in [1.29, 1.82) is 0 Å². The largest absolute Gasteiger partial charge is 0.482 e. The van der Waals surface area contributed by atoms with E-state index in [1.807, 2.05) is 0 Å². The fraction of sp³-hybridized carbons (Fsp3) is 0.467. The highest BCUT2D eigenvalue weighted by atomic mass is 35.5. The van der Waals surface area contributed by atoms with Gasteiger partial charge in [-0.15, -0.1) is 0 Å². The van der Waals surface area contributed by atoms with Gasteiger partial charge in [0.15, 0.2) is 6.61 Å². The second kappa shape index (κ2) is 8.63. The Morgan fingerprint density at radius 1 is 1.40 bits per heavy atom. The lowest BCUT2D eigenvalue weighted by atomic mass is 10.3. The van der Waals surface area contributed by atoms with Crippen LogP contribution in [0.4, 0.5) is 5.69 Å². The molecule has 0 atom stereocenters. The van der Waals surface area contributed by atoms with E-state index in [1.165, 1.54) is 24.1 Å². The Labute approximate surface area is 149 Å². The number of carbonyl (C=O) groups excluding carboxylic acids is 2. The van der Waals surface area contributed by atoms with Crippen molar-refractivity contribution in [2.75, 3.05) is 46.5 Å². The highest BCUT2D eigenvalue weighted by Gasteiger charge is 2.21. The van der Waals surface area contributed by atoms with Gasteiger partial charge in [0.05, 0.1) is 29.7 Å². The van der Waals surface area contributed by atoms with Gasteiger partial charge in [0.2, 0.25) is 5.91 Å². The highest BCUT2D eigenvalue weighted by Crippen LogP contribution is 2.28. The molecular formula is C15H18ClN3O6. The lowest BCUT2D eigenvalue weighted by molar-refractivity contribution is -0.384. The molecule has 0 unspecified atom stereocenters. The summed E-state index contributed by atoms with van der Waals surface area (Å²) in [7, 11) is 1.50. The molecule has 10 heteroatoms. The molecule has 136 valence electrons. The first-order chi connectivity index (χ1) is 11.9. The van der Waals surface area contributed by atoms with Gasteiger partial charge in [-0.1, -0.05) is 11.6 Å². The summed E-state index contributed by atoms with van der Waals surface area (Å²) in [4.78, 5) is 37.1. The summed E-state index contributed by atoms with van der Waals surface area (Å²) in [6.07, 6.45) is 0. The maximum atomic E-state index is 12.1. The Bertz CT molecular complexity index is 663. The molecule has 1 fully saturated rings. The molecule has 1 aliphatic rings. The number of nitrogens with zero attached hydrogens (tertiary/aromatic N) is 3. The summed E-state index contributed by atoms with van der Waals surface area (Å²) >= 11 is 5.90. The number of rotatable bonds is 6. The van der Waals surface area contributed by atoms with Crippen molar-refractivity contribution in [2.24, 2.45) is 0 Å². The first-order valence-electron chi connectivity index (χ1n) is 7.54. The normalized spacial score (nSPS) is 14.1. The molecule has 2 rings (SSSR count). The highest BCUT2D eigenvalue weighted by molar-refractivity contribution is 6.32. The van der Waals surface area contributed by atoms with Gasteiger partial charge < -0.3 is 19.3 Å². The molecular weight excluding hydrogens is 354 g/mol. The number of halogens is 1. The number of nitro groups is 1. The predicted molar refractivity (Wildman–Crippen MR) is 88.6 cm³/mol. The van der Waals surface area contributed by atoms with Crippen LogP contribution in [0.2, 0.25) is 5.02 Å². The molecule has 1 saturated heterocycles. The molecule has 1 aromatic carbocycles. The Hall–Kier alpha value is -2.39. The minimum atomic E-state index is -0.578. The van der Waals surface area contributed by atoms with Gasteiger partial charge in [0, 0.05) is 32.3 Å². The van der Waals surface area contributed by atoms with Crippen LogP contribution in [0, 0.1) is 10.1 Å². The van der Waals surface area contributed by atoms with Crippen LogP contribution in [0.5, 0.6) is 5.75 Å². The molecule has 0 spiro atoms. The maximum Gasteiger partial charge on any atom is 0.271 e. The van der Waals surface area contributed by atoms with E-state index in [0.29, 0.717) is 26.3 Å². The fourth-order valence-electron chi connectivity index (χ4n) is 2.17. The van der Waals surface area contributed by atoms with Crippen molar-refractivity contribution >= 4 is 29.1 Å². The van der Waals surface area contributed by atoms with E-state index in [2.05, 4.69) is 0 Å². The Morgan fingerprint density at radius 2 is 2.08 bits per heavy atom. The second-order valence-electron chi connectivity index (χ2n) is 5.40. The summed E-state index contributed by atoms with van der Waals surface area (Å²) in [6.45, 7) is 1.61. The van der Waals surface area contributed by atoms with E-state index in [0.717, 1.165) is 6.07 Å². The van der Waals surface area contributed by atoms with E-state index in [-0.39, 0.29) is 35.5 Å². The van der Waals surface area contributed by atoms with Gasteiger partial charge in [0.25, 0.3) is 11.6 Å². The van der Waals surface area contributed by atoms with Gasteiger partial charge in [-0.25, -0.2) is 0 Å². The molecule has 0 aliphatic carbocycles. The van der Waals surface area contributed by atoms with Gasteiger partial charge in [-0.2, -0.15) is 0 Å². The monoisotopic (exact) mass is 371 g/mol. The van der Waals surface area contributed by atoms with Crippen LogP contribution in [0.1, 0.15) is 0 Å². The van der Waals surface area contributed by atoms with E-state index in [1.54, 1.807) is 4.90 Å². The molecule has 0 N–H and O–H groups in total. The second-order valence-corrected chi connectivity index (χ2v) is 5.81. The molecule has 1 heterocycles. The first-order valence-corrected chi connectivity index (χ1v) is 7.92. The standard InChI is InChI=1S/C15H18ClN3O6/c1-17(9-14(20)18-4-6-24-7-5-18)15(21)10-25-13-3-2-11(19(22)23)8-12(13)16/h2-3,8H,4-7,9-10H2,1H3. The maximum absolute atomic E-state index is 12.1. The van der Waals surface area contributed by atoms with E-state index in [9.17, 15) is 19.7 Å². The zero-order valence-corrected chi connectivity index (χ0v) is 14.4.